The lowest BCUT2D eigenvalue weighted by molar-refractivity contribution is 0.112. The number of hydrogen-bond donors (Lipinski definition) is 3. The molecular weight excluding hydrogens is 695 g/mol. The summed E-state index contributed by atoms with van der Waals surface area (Å²) < 4.78 is 10.00. The van der Waals surface area contributed by atoms with Crippen molar-refractivity contribution in [1.82, 2.24) is 25.3 Å². The van der Waals surface area contributed by atoms with Crippen LogP contribution in [-0.4, -0.2) is 64.2 Å². The molecule has 54 heavy (non-hydrogen) atoms. The number of carbonyl (C=O) groups is 1. The number of ether oxygens (including phenoxy) is 1. The molecule has 1 saturated heterocycles. The molecule has 2 aromatic carbocycles. The van der Waals surface area contributed by atoms with Gasteiger partial charge in [-0.2, -0.15) is 4.98 Å². The second-order valence-corrected chi connectivity index (χ2v) is 18.3. The molecule has 1 aliphatic heterocycles. The van der Waals surface area contributed by atoms with Gasteiger partial charge in [0.15, 0.2) is 0 Å². The number of anilines is 2. The quantitative estimate of drug-likeness (QED) is 0.0844. The molecule has 2 aromatic heterocycles. The maximum atomic E-state index is 11.4. The van der Waals surface area contributed by atoms with Crippen LogP contribution in [-0.2, 0) is 13.0 Å². The average Bonchev–Trinajstić information content (AvgIpc) is 3.49. The van der Waals surface area contributed by atoms with Gasteiger partial charge >= 0.3 is 0 Å². The molecule has 3 N–H and O–H groups in total. The maximum Gasteiger partial charge on any atom is 0.237 e. The number of aldehydes is 1. The fraction of sp³-hybridized carbons (Fsp3) is 0.512. The number of aryl methyl sites for hydroxylation is 1. The molecule has 0 amide bonds. The summed E-state index contributed by atoms with van der Waals surface area (Å²) in [4.78, 5) is 34.1. The molecule has 4 aromatic rings. The lowest BCUT2D eigenvalue weighted by Crippen LogP contribution is -2.38. The van der Waals surface area contributed by atoms with Gasteiger partial charge in [0.25, 0.3) is 0 Å². The number of aliphatic hydroxyl groups is 1. The second-order valence-electron chi connectivity index (χ2n) is 17.4. The first-order chi connectivity index (χ1) is 25.5. The Kier molecular flexibility index (Phi) is 14.6. The normalized spacial score (nSPS) is 14.6. The summed E-state index contributed by atoms with van der Waals surface area (Å²) in [6.07, 6.45) is 7.71. The largest absolute Gasteiger partial charge is 0.476 e. The molecule has 5 rings (SSSR count). The van der Waals surface area contributed by atoms with Crippen LogP contribution in [0.2, 0.25) is 0 Å². The standard InChI is InChI=1S/C42H57N7O2S.CH4O/c1-28-13-11-15-31(20-40(3,4)5)36(28)37-29(2)38(47-39(46-37)48-52-34-16-12-14-30(19-34)25-50)51-26-32(21-41(6,7)8)43-24-35-44-22-33(23-45-35)49-18-17-42(9,10)27-49;1-2/h11-16,19,22-23,25,32,43H,17-18,20-21,24,26-27H2,1-10H3,(H,46,47,48);2H,1H3. The number of rotatable bonds is 14. The van der Waals surface area contributed by atoms with Gasteiger partial charge < -0.3 is 20.1 Å². The zero-order chi connectivity index (χ0) is 39.7. The number of nitrogens with one attached hydrogen (secondary N) is 2. The van der Waals surface area contributed by atoms with Crippen molar-refractivity contribution in [2.75, 3.05) is 36.4 Å². The van der Waals surface area contributed by atoms with Gasteiger partial charge in [0.1, 0.15) is 18.7 Å². The highest BCUT2D eigenvalue weighted by Crippen LogP contribution is 2.37. The van der Waals surface area contributed by atoms with Crippen molar-refractivity contribution >= 4 is 29.9 Å². The highest BCUT2D eigenvalue weighted by atomic mass is 32.2. The van der Waals surface area contributed by atoms with Crippen molar-refractivity contribution in [1.29, 1.82) is 0 Å². The molecular formula is C43H61N7O3S. The summed E-state index contributed by atoms with van der Waals surface area (Å²) in [6, 6.07) is 13.9. The molecule has 0 aliphatic carbocycles. The molecule has 10 nitrogen and oxygen atoms in total. The molecule has 1 atom stereocenters. The van der Waals surface area contributed by atoms with Gasteiger partial charge in [-0.15, -0.1) is 0 Å². The number of hydrogen-bond acceptors (Lipinski definition) is 11. The molecule has 3 heterocycles. The van der Waals surface area contributed by atoms with E-state index in [2.05, 4.69) is 95.5 Å². The maximum absolute atomic E-state index is 11.4. The van der Waals surface area contributed by atoms with Gasteiger partial charge in [-0.3, -0.25) is 9.52 Å². The minimum atomic E-state index is 0.0206. The van der Waals surface area contributed by atoms with E-state index < -0.39 is 0 Å². The van der Waals surface area contributed by atoms with Crippen LogP contribution in [0.1, 0.15) is 101 Å². The van der Waals surface area contributed by atoms with Crippen LogP contribution in [0.4, 0.5) is 11.6 Å². The van der Waals surface area contributed by atoms with E-state index >= 15 is 0 Å². The predicted molar refractivity (Wildman–Crippen MR) is 222 cm³/mol. The van der Waals surface area contributed by atoms with Crippen LogP contribution in [0, 0.1) is 30.1 Å². The minimum absolute atomic E-state index is 0.0206. The molecule has 0 radical (unpaired) electrons. The van der Waals surface area contributed by atoms with Gasteiger partial charge in [0.2, 0.25) is 11.8 Å². The fourth-order valence-corrected chi connectivity index (χ4v) is 7.39. The summed E-state index contributed by atoms with van der Waals surface area (Å²) in [6.45, 7) is 25.3. The van der Waals surface area contributed by atoms with E-state index in [1.807, 2.05) is 37.5 Å². The Balaban J connectivity index is 0.00000319. The third-order valence-electron chi connectivity index (χ3n) is 9.24. The Hall–Kier alpha value is -4.06. The van der Waals surface area contributed by atoms with Crippen LogP contribution >= 0.6 is 11.9 Å². The zero-order valence-electron chi connectivity index (χ0n) is 34.2. The summed E-state index contributed by atoms with van der Waals surface area (Å²) in [7, 11) is 1.00. The molecule has 292 valence electrons. The molecule has 1 fully saturated rings. The molecule has 11 heteroatoms. The van der Waals surface area contributed by atoms with Gasteiger partial charge in [-0.25, -0.2) is 15.0 Å². The highest BCUT2D eigenvalue weighted by molar-refractivity contribution is 8.00. The Bertz CT molecular complexity index is 1830. The number of nitrogens with zero attached hydrogens (tertiary/aromatic N) is 5. The van der Waals surface area contributed by atoms with Crippen LogP contribution in [0.15, 0.2) is 59.8 Å². The molecule has 0 bridgehead atoms. The zero-order valence-corrected chi connectivity index (χ0v) is 35.0. The molecule has 1 unspecified atom stereocenters. The second kappa shape index (κ2) is 18.5. The van der Waals surface area contributed by atoms with E-state index in [9.17, 15) is 4.79 Å². The van der Waals surface area contributed by atoms with Crippen LogP contribution in [0.25, 0.3) is 11.3 Å². The summed E-state index contributed by atoms with van der Waals surface area (Å²) >= 11 is 1.37. The number of carbonyl (C=O) groups excluding carboxylic acids is 1. The Labute approximate surface area is 327 Å². The Morgan fingerprint density at radius 3 is 2.33 bits per heavy atom. The lowest BCUT2D eigenvalue weighted by atomic mass is 9.84. The SMILES string of the molecule is CO.Cc1cccc(CC(C)(C)C)c1-c1nc(NSc2cccc(C=O)c2)nc(OCC(CC(C)(C)C)NCc2ncc(N3CCC(C)(C)C3)cn2)c1C. The van der Waals surface area contributed by atoms with Crippen LogP contribution < -0.4 is 19.7 Å². The monoisotopic (exact) mass is 755 g/mol. The lowest BCUT2D eigenvalue weighted by Gasteiger charge is -2.27. The van der Waals surface area contributed by atoms with Gasteiger partial charge in [0.05, 0.1) is 30.3 Å². The van der Waals surface area contributed by atoms with E-state index in [-0.39, 0.29) is 16.9 Å². The summed E-state index contributed by atoms with van der Waals surface area (Å²) in [5, 5.41) is 10.7. The van der Waals surface area contributed by atoms with Crippen molar-refractivity contribution < 1.29 is 14.6 Å². The summed E-state index contributed by atoms with van der Waals surface area (Å²) in [5.41, 5.74) is 7.40. The minimum Gasteiger partial charge on any atom is -0.476 e. The Morgan fingerprint density at radius 2 is 1.70 bits per heavy atom. The van der Waals surface area contributed by atoms with Gasteiger partial charge in [-0.1, -0.05) is 85.7 Å². The molecule has 0 spiro atoms. The topological polar surface area (TPSA) is 125 Å². The van der Waals surface area contributed by atoms with Crippen molar-refractivity contribution in [2.24, 2.45) is 16.2 Å². The number of benzene rings is 2. The van der Waals surface area contributed by atoms with Gasteiger partial charge in [-0.05, 0) is 84.6 Å². The predicted octanol–water partition coefficient (Wildman–Crippen LogP) is 8.89. The van der Waals surface area contributed by atoms with Crippen LogP contribution in [0.3, 0.4) is 0 Å². The van der Waals surface area contributed by atoms with Crippen molar-refractivity contribution in [2.45, 2.75) is 106 Å². The van der Waals surface area contributed by atoms with E-state index in [0.29, 0.717) is 36.0 Å². The Morgan fingerprint density at radius 1 is 1.00 bits per heavy atom. The van der Waals surface area contributed by atoms with Crippen molar-refractivity contribution in [3.05, 3.63) is 82.9 Å². The average molecular weight is 756 g/mol. The van der Waals surface area contributed by atoms with Crippen molar-refractivity contribution in [3.8, 4) is 17.1 Å². The fourth-order valence-electron chi connectivity index (χ4n) is 6.75. The van der Waals surface area contributed by atoms with Crippen molar-refractivity contribution in [3.63, 3.8) is 0 Å². The van der Waals surface area contributed by atoms with Gasteiger partial charge in [0, 0.05) is 47.8 Å². The summed E-state index contributed by atoms with van der Waals surface area (Å²) in [5.74, 6) is 1.74. The molecule has 0 saturated carbocycles. The third-order valence-corrected chi connectivity index (χ3v) is 10.0. The van der Waals surface area contributed by atoms with E-state index in [4.69, 9.17) is 29.8 Å². The van der Waals surface area contributed by atoms with E-state index in [1.165, 1.54) is 23.9 Å². The van der Waals surface area contributed by atoms with Crippen LogP contribution in [0.5, 0.6) is 5.88 Å². The number of aliphatic hydroxyl groups excluding tert-OH is 1. The first kappa shape index (κ1) is 42.7. The third kappa shape index (κ3) is 12.5. The molecule has 1 aliphatic rings. The smallest absolute Gasteiger partial charge is 0.237 e. The first-order valence-electron chi connectivity index (χ1n) is 18.8. The van der Waals surface area contributed by atoms with E-state index in [0.717, 1.165) is 78.1 Å². The first-order valence-corrected chi connectivity index (χ1v) is 19.6. The number of aromatic nitrogens is 4. The highest BCUT2D eigenvalue weighted by Gasteiger charge is 2.30. The van der Waals surface area contributed by atoms with E-state index in [1.54, 1.807) is 6.07 Å².